The van der Waals surface area contributed by atoms with Crippen molar-refractivity contribution in [3.8, 4) is 0 Å². The van der Waals surface area contributed by atoms with E-state index in [4.69, 9.17) is 4.74 Å². The van der Waals surface area contributed by atoms with Gasteiger partial charge in [0.05, 0.1) is 19.3 Å². The first-order chi connectivity index (χ1) is 13.6. The topological polar surface area (TPSA) is 41.6 Å². The van der Waals surface area contributed by atoms with Crippen LogP contribution in [0.4, 0.5) is 4.39 Å². The Balaban J connectivity index is 1.30. The summed E-state index contributed by atoms with van der Waals surface area (Å²) in [6, 6.07) is 6.81. The molecule has 0 spiro atoms. The van der Waals surface area contributed by atoms with Crippen molar-refractivity contribution in [2.45, 2.75) is 44.6 Å². The lowest BCUT2D eigenvalue weighted by atomic mass is 9.49. The zero-order valence-electron chi connectivity index (χ0n) is 16.5. The maximum absolute atomic E-state index is 13.4. The predicted molar refractivity (Wildman–Crippen MR) is 105 cm³/mol. The van der Waals surface area contributed by atoms with E-state index in [0.29, 0.717) is 19.8 Å². The van der Waals surface area contributed by atoms with Crippen LogP contribution in [0.15, 0.2) is 24.3 Å². The minimum atomic E-state index is -0.220. The molecule has 4 bridgehead atoms. The van der Waals surface area contributed by atoms with Crippen molar-refractivity contribution in [1.29, 1.82) is 0 Å². The molecule has 1 aliphatic heterocycles. The number of ether oxygens (including phenoxy) is 1. The second kappa shape index (κ2) is 7.42. The number of morpholine rings is 1. The average molecular weight is 387 g/mol. The van der Waals surface area contributed by atoms with Crippen molar-refractivity contribution in [1.82, 2.24) is 10.2 Å². The van der Waals surface area contributed by atoms with E-state index in [1.807, 2.05) is 12.1 Å². The van der Waals surface area contributed by atoms with Gasteiger partial charge in [-0.2, -0.15) is 0 Å². The van der Waals surface area contributed by atoms with Gasteiger partial charge in [-0.1, -0.05) is 12.1 Å². The summed E-state index contributed by atoms with van der Waals surface area (Å²) < 4.78 is 18.9. The van der Waals surface area contributed by atoms with Gasteiger partial charge >= 0.3 is 0 Å². The lowest BCUT2D eigenvalue weighted by Gasteiger charge is -2.55. The molecule has 28 heavy (non-hydrogen) atoms. The number of amides is 1. The number of rotatable bonds is 5. The summed E-state index contributed by atoms with van der Waals surface area (Å²) in [4.78, 5) is 15.7. The molecule has 152 valence electrons. The fourth-order valence-corrected chi connectivity index (χ4v) is 6.80. The fourth-order valence-electron chi connectivity index (χ4n) is 6.80. The molecule has 1 aromatic carbocycles. The summed E-state index contributed by atoms with van der Waals surface area (Å²) in [5.41, 5.74) is 0.946. The molecule has 4 saturated carbocycles. The fraction of sp³-hybridized carbons (Fsp3) is 0.696. The van der Waals surface area contributed by atoms with Crippen LogP contribution in [-0.2, 0) is 9.53 Å². The molecule has 1 saturated heterocycles. The summed E-state index contributed by atoms with van der Waals surface area (Å²) in [5.74, 6) is 2.35. The summed E-state index contributed by atoms with van der Waals surface area (Å²) >= 11 is 0. The van der Waals surface area contributed by atoms with Crippen LogP contribution in [-0.4, -0.2) is 43.7 Å². The Morgan fingerprint density at radius 2 is 1.64 bits per heavy atom. The number of hydrogen-bond acceptors (Lipinski definition) is 3. The molecule has 1 aromatic rings. The van der Waals surface area contributed by atoms with Gasteiger partial charge in [0.25, 0.3) is 0 Å². The molecule has 0 aromatic heterocycles. The lowest BCUT2D eigenvalue weighted by molar-refractivity contribution is -0.146. The van der Waals surface area contributed by atoms with Gasteiger partial charge in [0, 0.05) is 25.0 Å². The van der Waals surface area contributed by atoms with Crippen LogP contribution in [0.1, 0.15) is 50.1 Å². The van der Waals surface area contributed by atoms with Crippen molar-refractivity contribution in [2.75, 3.05) is 32.8 Å². The minimum absolute atomic E-state index is 0.0716. The predicted octanol–water partition coefficient (Wildman–Crippen LogP) is 3.53. The number of nitrogens with one attached hydrogen (secondary N) is 1. The lowest BCUT2D eigenvalue weighted by Crippen LogP contribution is -2.54. The van der Waals surface area contributed by atoms with Crippen LogP contribution in [0.2, 0.25) is 0 Å². The van der Waals surface area contributed by atoms with Crippen LogP contribution in [0, 0.1) is 29.0 Å². The molecule has 6 rings (SSSR count). The van der Waals surface area contributed by atoms with E-state index in [1.54, 1.807) is 0 Å². The molecule has 4 aliphatic carbocycles. The normalized spacial score (nSPS) is 35.7. The molecule has 0 unspecified atom stereocenters. The first kappa shape index (κ1) is 18.6. The van der Waals surface area contributed by atoms with E-state index in [0.717, 1.165) is 55.7 Å². The highest BCUT2D eigenvalue weighted by Gasteiger charge is 2.54. The van der Waals surface area contributed by atoms with Gasteiger partial charge < -0.3 is 10.1 Å². The van der Waals surface area contributed by atoms with E-state index >= 15 is 0 Å². The van der Waals surface area contributed by atoms with Gasteiger partial charge in [0.1, 0.15) is 5.82 Å². The zero-order chi connectivity index (χ0) is 19.1. The maximum atomic E-state index is 13.4. The smallest absolute Gasteiger partial charge is 0.226 e. The van der Waals surface area contributed by atoms with Gasteiger partial charge in [-0.25, -0.2) is 4.39 Å². The number of halogens is 1. The van der Waals surface area contributed by atoms with Gasteiger partial charge in [-0.05, 0) is 74.0 Å². The number of carbonyl (C=O) groups is 1. The Morgan fingerprint density at radius 1 is 1.07 bits per heavy atom. The van der Waals surface area contributed by atoms with E-state index in [2.05, 4.69) is 10.2 Å². The maximum Gasteiger partial charge on any atom is 0.226 e. The number of benzene rings is 1. The van der Waals surface area contributed by atoms with Crippen molar-refractivity contribution < 1.29 is 13.9 Å². The van der Waals surface area contributed by atoms with Gasteiger partial charge in [-0.3, -0.25) is 9.69 Å². The third-order valence-corrected chi connectivity index (χ3v) is 7.72. The van der Waals surface area contributed by atoms with Crippen molar-refractivity contribution >= 4 is 5.91 Å². The molecular weight excluding hydrogens is 355 g/mol. The Bertz CT molecular complexity index is 679. The summed E-state index contributed by atoms with van der Waals surface area (Å²) in [7, 11) is 0. The van der Waals surface area contributed by atoms with Gasteiger partial charge in [-0.15, -0.1) is 0 Å². The average Bonchev–Trinajstić information content (AvgIpc) is 2.69. The Labute approximate surface area is 166 Å². The van der Waals surface area contributed by atoms with Gasteiger partial charge in [0.15, 0.2) is 0 Å². The summed E-state index contributed by atoms with van der Waals surface area (Å²) in [6.45, 7) is 3.69. The van der Waals surface area contributed by atoms with Crippen LogP contribution < -0.4 is 5.32 Å². The first-order valence-corrected chi connectivity index (χ1v) is 11.0. The molecule has 4 nitrogen and oxygen atoms in total. The Morgan fingerprint density at radius 3 is 2.21 bits per heavy atom. The molecule has 1 N–H and O–H groups in total. The van der Waals surface area contributed by atoms with E-state index in [-0.39, 0.29) is 23.2 Å². The molecule has 5 aliphatic rings. The van der Waals surface area contributed by atoms with Crippen molar-refractivity contribution in [3.63, 3.8) is 0 Å². The van der Waals surface area contributed by atoms with Crippen molar-refractivity contribution in [3.05, 3.63) is 35.6 Å². The standard InChI is InChI=1S/C23H31FN2O2/c24-20-3-1-19(2-4-20)21(26-5-7-28-8-6-26)15-25-22(27)23-12-16-9-17(13-23)11-18(10-16)14-23/h1-4,16-18,21H,5-15H2,(H,25,27)/t16?,17?,18?,21-,23?/m0/s1. The van der Waals surface area contributed by atoms with E-state index < -0.39 is 0 Å². The molecule has 5 fully saturated rings. The molecule has 1 heterocycles. The zero-order valence-corrected chi connectivity index (χ0v) is 16.5. The Kier molecular flexibility index (Phi) is 4.92. The highest BCUT2D eigenvalue weighted by atomic mass is 19.1. The summed E-state index contributed by atoms with van der Waals surface area (Å²) in [5, 5.41) is 3.34. The molecule has 1 amide bonds. The van der Waals surface area contributed by atoms with Crippen LogP contribution >= 0.6 is 0 Å². The number of hydrogen-bond donors (Lipinski definition) is 1. The first-order valence-electron chi connectivity index (χ1n) is 11.0. The molecular formula is C23H31FN2O2. The van der Waals surface area contributed by atoms with Gasteiger partial charge in [0.2, 0.25) is 5.91 Å². The Hall–Kier alpha value is -1.46. The number of carbonyl (C=O) groups excluding carboxylic acids is 1. The SMILES string of the molecule is O=C(NC[C@@H](c1ccc(F)cc1)N1CCOCC1)C12CC3CC(CC(C3)C1)C2. The number of nitrogens with zero attached hydrogens (tertiary/aromatic N) is 1. The second-order valence-electron chi connectivity index (χ2n) is 9.62. The van der Waals surface area contributed by atoms with Crippen molar-refractivity contribution in [2.24, 2.45) is 23.2 Å². The van der Waals surface area contributed by atoms with Crippen LogP contribution in [0.25, 0.3) is 0 Å². The van der Waals surface area contributed by atoms with Crippen LogP contribution in [0.5, 0.6) is 0 Å². The quantitative estimate of drug-likeness (QED) is 0.842. The largest absolute Gasteiger partial charge is 0.379 e. The highest BCUT2D eigenvalue weighted by Crippen LogP contribution is 2.60. The highest BCUT2D eigenvalue weighted by molar-refractivity contribution is 5.83. The van der Waals surface area contributed by atoms with Crippen LogP contribution in [0.3, 0.4) is 0 Å². The molecule has 5 heteroatoms. The summed E-state index contributed by atoms with van der Waals surface area (Å²) in [6.07, 6.45) is 7.30. The molecule has 0 radical (unpaired) electrons. The van der Waals surface area contributed by atoms with E-state index in [1.165, 1.54) is 31.4 Å². The third-order valence-electron chi connectivity index (χ3n) is 7.72. The second-order valence-corrected chi connectivity index (χ2v) is 9.62. The monoisotopic (exact) mass is 386 g/mol. The minimum Gasteiger partial charge on any atom is -0.379 e. The third kappa shape index (κ3) is 3.48. The van der Waals surface area contributed by atoms with E-state index in [9.17, 15) is 9.18 Å². The molecule has 1 atom stereocenters.